The van der Waals surface area contributed by atoms with Gasteiger partial charge in [-0.1, -0.05) is 76.1 Å². The topological polar surface area (TPSA) is 69.6 Å². The summed E-state index contributed by atoms with van der Waals surface area (Å²) in [5.41, 5.74) is 9.20. The molecule has 0 radical (unpaired) electrons. The summed E-state index contributed by atoms with van der Waals surface area (Å²) in [4.78, 5) is 18.4. The van der Waals surface area contributed by atoms with Gasteiger partial charge in [-0.25, -0.2) is 4.98 Å². The Balaban J connectivity index is 0.00000289. The van der Waals surface area contributed by atoms with Gasteiger partial charge in [-0.2, -0.15) is 0 Å². The zero-order valence-corrected chi connectivity index (χ0v) is 25.9. The molecule has 9 rings (SSSR count). The predicted molar refractivity (Wildman–Crippen MR) is 169 cm³/mol. The van der Waals surface area contributed by atoms with E-state index in [1.165, 1.54) is 22.3 Å². The van der Waals surface area contributed by atoms with E-state index in [1.54, 1.807) is 18.6 Å². The number of ether oxygens (including phenoxy) is 1. The van der Waals surface area contributed by atoms with E-state index in [4.69, 9.17) is 9.72 Å². The van der Waals surface area contributed by atoms with Gasteiger partial charge in [0.25, 0.3) is 0 Å². The second-order valence-electron chi connectivity index (χ2n) is 10.8. The molecule has 0 amide bonds. The third-order valence-electron chi connectivity index (χ3n) is 8.26. The van der Waals surface area contributed by atoms with Gasteiger partial charge in [-0.15, -0.1) is 12.1 Å². The monoisotopic (exact) mass is 749 g/mol. The molecule has 5 aromatic heterocycles. The van der Waals surface area contributed by atoms with Gasteiger partial charge in [-0.05, 0) is 47.6 Å². The maximum absolute atomic E-state index is 6.37. The number of imidazole rings is 2. The summed E-state index contributed by atoms with van der Waals surface area (Å²) in [5, 5.41) is 4.83. The molecule has 212 valence electrons. The number of aryl methyl sites for hydroxylation is 2. The second kappa shape index (κ2) is 9.97. The van der Waals surface area contributed by atoms with Gasteiger partial charge < -0.3 is 13.5 Å². The quantitative estimate of drug-likeness (QED) is 0.135. The number of aromatic nitrogens is 6. The molecule has 44 heavy (non-hydrogen) atoms. The second-order valence-corrected chi connectivity index (χ2v) is 10.8. The van der Waals surface area contributed by atoms with Gasteiger partial charge in [0.05, 0.1) is 16.8 Å². The zero-order valence-electron chi connectivity index (χ0n) is 23.6. The first kappa shape index (κ1) is 26.5. The molecule has 8 heteroatoms. The Morgan fingerprint density at radius 1 is 0.614 bits per heavy atom. The van der Waals surface area contributed by atoms with Crippen molar-refractivity contribution in [2.45, 2.75) is 13.8 Å². The van der Waals surface area contributed by atoms with Crippen LogP contribution in [0.5, 0.6) is 11.5 Å². The van der Waals surface area contributed by atoms with Gasteiger partial charge >= 0.3 is 21.1 Å². The fraction of sp³-hybridized carbons (Fsp3) is 0.0556. The SMILES string of the molecule is Cc1cccc(C)c1-c1ccc2c(c1)c1ccc(Oc3[c-]c4c(cc3)c3nccnc3n3ccnc43)[c-]c1c1nccn21.[Pt+2]. The van der Waals surface area contributed by atoms with Crippen LogP contribution in [0, 0.1) is 26.0 Å². The molecule has 9 aromatic rings. The number of nitrogens with zero attached hydrogens (tertiary/aromatic N) is 6. The molecule has 4 aromatic carbocycles. The standard InChI is InChI=1S/C36H22N6O.Pt/c1-21-4-3-5-22(2)32(21)23-6-11-31-28(18-23)26-9-7-24(19-29(26)34-39-14-16-41(31)34)43-25-8-10-27-30(20-25)35-40-15-17-42(35)36-33(27)37-12-13-38-36;/h3-18H,1-2H3;/q-2;+2. The minimum absolute atomic E-state index is 0. The van der Waals surface area contributed by atoms with Crippen molar-refractivity contribution >= 4 is 54.9 Å². The summed E-state index contributed by atoms with van der Waals surface area (Å²) in [6.45, 7) is 4.33. The molecular weight excluding hydrogens is 728 g/mol. The van der Waals surface area contributed by atoms with Crippen molar-refractivity contribution in [2.24, 2.45) is 0 Å². The first-order valence-electron chi connectivity index (χ1n) is 14.0. The van der Waals surface area contributed by atoms with Crippen LogP contribution in [0.3, 0.4) is 0 Å². The first-order chi connectivity index (χ1) is 21.1. The van der Waals surface area contributed by atoms with Crippen LogP contribution in [0.15, 0.2) is 97.8 Å². The molecule has 0 saturated heterocycles. The number of fused-ring (bicyclic) bond motifs is 12. The van der Waals surface area contributed by atoms with Crippen LogP contribution in [-0.2, 0) is 21.1 Å². The molecule has 0 atom stereocenters. The van der Waals surface area contributed by atoms with Crippen molar-refractivity contribution in [1.82, 2.24) is 28.7 Å². The summed E-state index contributed by atoms with van der Waals surface area (Å²) in [5.74, 6) is 1.15. The molecule has 7 nitrogen and oxygen atoms in total. The maximum atomic E-state index is 6.37. The van der Waals surface area contributed by atoms with Crippen molar-refractivity contribution in [3.63, 3.8) is 0 Å². The number of benzene rings is 4. The molecule has 0 N–H and O–H groups in total. The van der Waals surface area contributed by atoms with E-state index in [2.05, 4.69) is 87.8 Å². The number of rotatable bonds is 3. The molecule has 0 bridgehead atoms. The van der Waals surface area contributed by atoms with E-state index < -0.39 is 0 Å². The molecule has 0 spiro atoms. The van der Waals surface area contributed by atoms with Crippen molar-refractivity contribution in [3.05, 3.63) is 121 Å². The minimum Gasteiger partial charge on any atom is -0.497 e. The first-order valence-corrected chi connectivity index (χ1v) is 14.0. The van der Waals surface area contributed by atoms with Crippen LogP contribution in [0.4, 0.5) is 0 Å². The van der Waals surface area contributed by atoms with Crippen LogP contribution in [-0.4, -0.2) is 28.7 Å². The van der Waals surface area contributed by atoms with Crippen molar-refractivity contribution in [1.29, 1.82) is 0 Å². The Hall–Kier alpha value is -5.13. The van der Waals surface area contributed by atoms with Crippen LogP contribution < -0.4 is 4.74 Å². The molecule has 0 unspecified atom stereocenters. The molecule has 0 aliphatic heterocycles. The van der Waals surface area contributed by atoms with Crippen molar-refractivity contribution in [3.8, 4) is 22.6 Å². The fourth-order valence-electron chi connectivity index (χ4n) is 6.39. The maximum Gasteiger partial charge on any atom is 2.00 e. The Labute approximate surface area is 266 Å². The molecule has 0 fully saturated rings. The van der Waals surface area contributed by atoms with Crippen LogP contribution in [0.1, 0.15) is 11.1 Å². The summed E-state index contributed by atoms with van der Waals surface area (Å²) >= 11 is 0. The predicted octanol–water partition coefficient (Wildman–Crippen LogP) is 8.06. The van der Waals surface area contributed by atoms with Gasteiger partial charge in [-0.3, -0.25) is 15.0 Å². The Morgan fingerprint density at radius 2 is 1.25 bits per heavy atom. The molecular formula is C36H22N6OPt. The van der Waals surface area contributed by atoms with Crippen molar-refractivity contribution < 1.29 is 25.8 Å². The van der Waals surface area contributed by atoms with E-state index >= 15 is 0 Å². The third-order valence-corrected chi connectivity index (χ3v) is 8.26. The van der Waals surface area contributed by atoms with Gasteiger partial charge in [0, 0.05) is 54.2 Å². The van der Waals surface area contributed by atoms with Gasteiger partial charge in [0.1, 0.15) is 5.65 Å². The van der Waals surface area contributed by atoms with Crippen molar-refractivity contribution in [2.75, 3.05) is 0 Å². The Bertz CT molecular complexity index is 2570. The fourth-order valence-corrected chi connectivity index (χ4v) is 6.39. The average Bonchev–Trinajstić information content (AvgIpc) is 3.72. The molecule has 0 aliphatic rings. The summed E-state index contributed by atoms with van der Waals surface area (Å²) in [6, 6.07) is 28.0. The van der Waals surface area contributed by atoms with E-state index in [0.717, 1.165) is 54.9 Å². The number of pyridine rings is 2. The number of hydrogen-bond donors (Lipinski definition) is 0. The molecule has 5 heterocycles. The van der Waals surface area contributed by atoms with Gasteiger partial charge in [0.2, 0.25) is 0 Å². The molecule has 0 aliphatic carbocycles. The van der Waals surface area contributed by atoms with Gasteiger partial charge in [0.15, 0.2) is 0 Å². The van der Waals surface area contributed by atoms with E-state index in [1.807, 2.05) is 41.2 Å². The van der Waals surface area contributed by atoms with Crippen LogP contribution in [0.2, 0.25) is 0 Å². The van der Waals surface area contributed by atoms with Crippen LogP contribution >= 0.6 is 0 Å². The number of hydrogen-bond acceptors (Lipinski definition) is 5. The van der Waals surface area contributed by atoms with E-state index in [0.29, 0.717) is 11.5 Å². The Kier molecular flexibility index (Phi) is 6.00. The van der Waals surface area contributed by atoms with E-state index in [9.17, 15) is 0 Å². The van der Waals surface area contributed by atoms with E-state index in [-0.39, 0.29) is 21.1 Å². The molecule has 0 saturated carbocycles. The van der Waals surface area contributed by atoms with Crippen LogP contribution in [0.25, 0.3) is 66.0 Å². The summed E-state index contributed by atoms with van der Waals surface area (Å²) in [6.07, 6.45) is 10.9. The largest absolute Gasteiger partial charge is 2.00 e. The third kappa shape index (κ3) is 3.86. The smallest absolute Gasteiger partial charge is 0.497 e. The average molecular weight is 750 g/mol. The normalized spacial score (nSPS) is 11.7. The zero-order chi connectivity index (χ0) is 28.7. The minimum atomic E-state index is 0. The summed E-state index contributed by atoms with van der Waals surface area (Å²) in [7, 11) is 0. The summed E-state index contributed by atoms with van der Waals surface area (Å²) < 4.78 is 10.4. The Morgan fingerprint density at radius 3 is 2.02 bits per heavy atom.